The Morgan fingerprint density at radius 3 is 2.62 bits per heavy atom. The fourth-order valence-corrected chi connectivity index (χ4v) is 2.54. The molecule has 0 aromatic rings. The van der Waals surface area contributed by atoms with Crippen LogP contribution in [-0.2, 0) is 0 Å². The number of hydrogen-bond donors (Lipinski definition) is 1. The Morgan fingerprint density at radius 2 is 1.92 bits per heavy atom. The van der Waals surface area contributed by atoms with E-state index in [2.05, 4.69) is 10.1 Å². The molecule has 3 nitrogen and oxygen atoms in total. The van der Waals surface area contributed by atoms with Crippen LogP contribution in [0.25, 0.3) is 0 Å². The van der Waals surface area contributed by atoms with Gasteiger partial charge in [0.25, 0.3) is 0 Å². The van der Waals surface area contributed by atoms with Crippen LogP contribution in [0.2, 0.25) is 0 Å². The Balaban J connectivity index is 2.01. The van der Waals surface area contributed by atoms with Crippen molar-refractivity contribution in [3.63, 3.8) is 0 Å². The van der Waals surface area contributed by atoms with Crippen molar-refractivity contribution < 1.29 is 5.21 Å². The minimum absolute atomic E-state index is 0.459. The van der Waals surface area contributed by atoms with Crippen LogP contribution < -0.4 is 0 Å². The summed E-state index contributed by atoms with van der Waals surface area (Å²) in [4.78, 5) is 2.48. The topological polar surface area (TPSA) is 35.8 Å². The van der Waals surface area contributed by atoms with Gasteiger partial charge in [0.2, 0.25) is 0 Å². The molecular weight excluding hydrogens is 164 g/mol. The zero-order chi connectivity index (χ0) is 9.10. The van der Waals surface area contributed by atoms with Gasteiger partial charge in [0, 0.05) is 0 Å². The van der Waals surface area contributed by atoms with Gasteiger partial charge in [-0.25, -0.2) is 0 Å². The summed E-state index contributed by atoms with van der Waals surface area (Å²) in [6.45, 7) is 2.40. The normalized spacial score (nSPS) is 34.2. The lowest BCUT2D eigenvalue weighted by atomic mass is 9.92. The second kappa shape index (κ2) is 4.09. The highest BCUT2D eigenvalue weighted by atomic mass is 16.4. The SMILES string of the molecule is ON=C1CCCCC1N1CCCC1. The highest BCUT2D eigenvalue weighted by molar-refractivity contribution is 5.89. The molecule has 0 bridgehead atoms. The summed E-state index contributed by atoms with van der Waals surface area (Å²) >= 11 is 0. The second-order valence-corrected chi connectivity index (χ2v) is 4.10. The van der Waals surface area contributed by atoms with E-state index in [0.29, 0.717) is 6.04 Å². The van der Waals surface area contributed by atoms with Crippen LogP contribution in [0.1, 0.15) is 38.5 Å². The van der Waals surface area contributed by atoms with Gasteiger partial charge in [-0.15, -0.1) is 0 Å². The average molecular weight is 182 g/mol. The largest absolute Gasteiger partial charge is 0.411 e. The third-order valence-electron chi connectivity index (χ3n) is 3.25. The fraction of sp³-hybridized carbons (Fsp3) is 0.900. The molecule has 1 aliphatic heterocycles. The molecule has 2 aliphatic rings. The van der Waals surface area contributed by atoms with Crippen molar-refractivity contribution in [3.05, 3.63) is 0 Å². The zero-order valence-electron chi connectivity index (χ0n) is 8.08. The Kier molecular flexibility index (Phi) is 2.83. The van der Waals surface area contributed by atoms with Crippen molar-refractivity contribution in [2.24, 2.45) is 5.16 Å². The third-order valence-corrected chi connectivity index (χ3v) is 3.25. The van der Waals surface area contributed by atoms with Crippen LogP contribution in [0.4, 0.5) is 0 Å². The summed E-state index contributed by atoms with van der Waals surface area (Å²) < 4.78 is 0. The molecule has 0 radical (unpaired) electrons. The van der Waals surface area contributed by atoms with E-state index in [1.807, 2.05) is 0 Å². The van der Waals surface area contributed by atoms with Crippen molar-refractivity contribution in [2.45, 2.75) is 44.6 Å². The first-order valence-electron chi connectivity index (χ1n) is 5.36. The van der Waals surface area contributed by atoms with E-state index < -0.39 is 0 Å². The molecule has 2 fully saturated rings. The number of rotatable bonds is 1. The molecule has 1 unspecified atom stereocenters. The Bertz CT molecular complexity index is 197. The minimum atomic E-state index is 0.459. The molecule has 2 rings (SSSR count). The zero-order valence-corrected chi connectivity index (χ0v) is 8.08. The van der Waals surface area contributed by atoms with E-state index in [1.165, 1.54) is 45.2 Å². The monoisotopic (exact) mass is 182 g/mol. The predicted molar refractivity (Wildman–Crippen MR) is 52.3 cm³/mol. The van der Waals surface area contributed by atoms with E-state index in [4.69, 9.17) is 5.21 Å². The van der Waals surface area contributed by atoms with Gasteiger partial charge < -0.3 is 5.21 Å². The number of nitrogens with zero attached hydrogens (tertiary/aromatic N) is 2. The summed E-state index contributed by atoms with van der Waals surface area (Å²) in [5, 5.41) is 12.3. The first-order valence-corrected chi connectivity index (χ1v) is 5.36. The molecular formula is C10H18N2O. The van der Waals surface area contributed by atoms with Crippen molar-refractivity contribution in [3.8, 4) is 0 Å². The molecule has 13 heavy (non-hydrogen) atoms. The first-order chi connectivity index (χ1) is 6.42. The molecule has 0 spiro atoms. The Morgan fingerprint density at radius 1 is 1.15 bits per heavy atom. The maximum atomic E-state index is 8.88. The van der Waals surface area contributed by atoms with Crippen LogP contribution in [0.3, 0.4) is 0 Å². The molecule has 3 heteroatoms. The smallest absolute Gasteiger partial charge is 0.0742 e. The van der Waals surface area contributed by atoms with Crippen molar-refractivity contribution in [1.29, 1.82) is 0 Å². The predicted octanol–water partition coefficient (Wildman–Crippen LogP) is 1.85. The number of likely N-dealkylation sites (tertiary alicyclic amines) is 1. The molecule has 1 saturated heterocycles. The average Bonchev–Trinajstić information content (AvgIpc) is 2.70. The summed E-state index contributed by atoms with van der Waals surface area (Å²) in [5.41, 5.74) is 1.02. The molecule has 1 saturated carbocycles. The standard InChI is InChI=1S/C10H18N2O/c13-11-9-5-1-2-6-10(9)12-7-3-4-8-12/h10,13H,1-8H2. The number of oxime groups is 1. The van der Waals surface area contributed by atoms with Crippen molar-refractivity contribution in [1.82, 2.24) is 4.90 Å². The number of hydrogen-bond acceptors (Lipinski definition) is 3. The van der Waals surface area contributed by atoms with E-state index in [-0.39, 0.29) is 0 Å². The quantitative estimate of drug-likeness (QED) is 0.496. The van der Waals surface area contributed by atoms with E-state index in [1.54, 1.807) is 0 Å². The van der Waals surface area contributed by atoms with Gasteiger partial charge in [-0.2, -0.15) is 0 Å². The lowest BCUT2D eigenvalue weighted by Gasteiger charge is -2.31. The molecule has 0 aromatic carbocycles. The maximum absolute atomic E-state index is 8.88. The summed E-state index contributed by atoms with van der Waals surface area (Å²) in [5.74, 6) is 0. The van der Waals surface area contributed by atoms with Crippen LogP contribution in [0.5, 0.6) is 0 Å². The molecule has 1 atom stereocenters. The maximum Gasteiger partial charge on any atom is 0.0742 e. The molecule has 1 heterocycles. The molecule has 74 valence electrons. The Hall–Kier alpha value is -0.570. The molecule has 0 aromatic heterocycles. The molecule has 1 aliphatic carbocycles. The molecule has 0 amide bonds. The summed E-state index contributed by atoms with van der Waals surface area (Å²) in [6.07, 6.45) is 7.31. The molecule has 1 N–H and O–H groups in total. The highest BCUT2D eigenvalue weighted by Gasteiger charge is 2.28. The minimum Gasteiger partial charge on any atom is -0.411 e. The highest BCUT2D eigenvalue weighted by Crippen LogP contribution is 2.23. The van der Waals surface area contributed by atoms with Gasteiger partial charge in [-0.1, -0.05) is 11.6 Å². The van der Waals surface area contributed by atoms with E-state index in [9.17, 15) is 0 Å². The van der Waals surface area contributed by atoms with Gasteiger partial charge in [-0.05, 0) is 45.2 Å². The van der Waals surface area contributed by atoms with Crippen LogP contribution in [0.15, 0.2) is 5.16 Å². The van der Waals surface area contributed by atoms with Crippen LogP contribution in [-0.4, -0.2) is 35.0 Å². The van der Waals surface area contributed by atoms with Gasteiger partial charge in [0.05, 0.1) is 11.8 Å². The van der Waals surface area contributed by atoms with Crippen LogP contribution >= 0.6 is 0 Å². The van der Waals surface area contributed by atoms with Crippen molar-refractivity contribution >= 4 is 5.71 Å². The van der Waals surface area contributed by atoms with Gasteiger partial charge >= 0.3 is 0 Å². The fourth-order valence-electron chi connectivity index (χ4n) is 2.54. The van der Waals surface area contributed by atoms with Gasteiger partial charge in [0.1, 0.15) is 0 Å². The van der Waals surface area contributed by atoms with E-state index >= 15 is 0 Å². The third kappa shape index (κ3) is 1.85. The van der Waals surface area contributed by atoms with Gasteiger partial charge in [-0.3, -0.25) is 4.90 Å². The van der Waals surface area contributed by atoms with Crippen molar-refractivity contribution in [2.75, 3.05) is 13.1 Å². The van der Waals surface area contributed by atoms with Gasteiger partial charge in [0.15, 0.2) is 0 Å². The lowest BCUT2D eigenvalue weighted by Crippen LogP contribution is -2.41. The Labute approximate surface area is 79.4 Å². The first kappa shape index (κ1) is 9.00. The second-order valence-electron chi connectivity index (χ2n) is 4.10. The summed E-state index contributed by atoms with van der Waals surface area (Å²) in [7, 11) is 0. The van der Waals surface area contributed by atoms with Crippen LogP contribution in [0, 0.1) is 0 Å². The summed E-state index contributed by atoms with van der Waals surface area (Å²) in [6, 6.07) is 0.459. The van der Waals surface area contributed by atoms with E-state index in [0.717, 1.165) is 12.1 Å². The lowest BCUT2D eigenvalue weighted by molar-refractivity contribution is 0.253.